The SMILES string of the molecule is COc1ccccc1C1c2c(C(C)(C)C)n[nH]c2C(=O)N1CCc1cccnc1. The van der Waals surface area contributed by atoms with Gasteiger partial charge in [0.05, 0.1) is 18.8 Å². The van der Waals surface area contributed by atoms with Gasteiger partial charge in [0.1, 0.15) is 11.4 Å². The zero-order valence-electron chi connectivity index (χ0n) is 17.3. The van der Waals surface area contributed by atoms with Crippen molar-refractivity contribution in [2.45, 2.75) is 38.6 Å². The third-order valence-electron chi connectivity index (χ3n) is 5.37. The van der Waals surface area contributed by atoms with Crippen LogP contribution in [0.2, 0.25) is 0 Å². The molecule has 0 saturated carbocycles. The highest BCUT2D eigenvalue weighted by Gasteiger charge is 2.44. The van der Waals surface area contributed by atoms with E-state index >= 15 is 0 Å². The molecular formula is C23H26N4O2. The van der Waals surface area contributed by atoms with Crippen LogP contribution in [0.4, 0.5) is 0 Å². The molecule has 3 aromatic rings. The predicted octanol–water partition coefficient (Wildman–Crippen LogP) is 3.90. The molecule has 1 aliphatic heterocycles. The number of carbonyl (C=O) groups excluding carboxylic acids is 1. The minimum atomic E-state index is -0.238. The standard InChI is InChI=1S/C23H26N4O2/c1-23(2,3)21-18-19(25-26-21)22(28)27(13-11-15-8-7-12-24-14-15)20(18)16-9-5-6-10-17(16)29-4/h5-10,12,14,20H,11,13H2,1-4H3,(H,25,26). The molecule has 0 saturated heterocycles. The fourth-order valence-electron chi connectivity index (χ4n) is 4.01. The van der Waals surface area contributed by atoms with Crippen molar-refractivity contribution in [1.29, 1.82) is 0 Å². The number of pyridine rings is 1. The molecule has 6 heteroatoms. The van der Waals surface area contributed by atoms with E-state index in [2.05, 4.69) is 36.0 Å². The Morgan fingerprint density at radius 2 is 1.97 bits per heavy atom. The van der Waals surface area contributed by atoms with Crippen molar-refractivity contribution in [2.75, 3.05) is 13.7 Å². The molecule has 3 heterocycles. The summed E-state index contributed by atoms with van der Waals surface area (Å²) in [7, 11) is 1.66. The normalized spacial score (nSPS) is 16.2. The quantitative estimate of drug-likeness (QED) is 0.717. The maximum atomic E-state index is 13.3. The highest BCUT2D eigenvalue weighted by molar-refractivity contribution is 5.98. The van der Waals surface area contributed by atoms with Gasteiger partial charge in [-0.25, -0.2) is 0 Å². The van der Waals surface area contributed by atoms with E-state index in [1.807, 2.05) is 47.5 Å². The summed E-state index contributed by atoms with van der Waals surface area (Å²) in [5, 5.41) is 7.53. The zero-order valence-corrected chi connectivity index (χ0v) is 17.3. The minimum absolute atomic E-state index is 0.0252. The summed E-state index contributed by atoms with van der Waals surface area (Å²) in [6.07, 6.45) is 4.34. The highest BCUT2D eigenvalue weighted by atomic mass is 16.5. The topological polar surface area (TPSA) is 71.1 Å². The number of carbonyl (C=O) groups is 1. The Morgan fingerprint density at radius 1 is 1.17 bits per heavy atom. The van der Waals surface area contributed by atoms with Crippen LogP contribution in [0.25, 0.3) is 0 Å². The number of benzene rings is 1. The number of para-hydroxylation sites is 1. The first-order chi connectivity index (χ1) is 13.9. The van der Waals surface area contributed by atoms with Gasteiger partial charge in [0.15, 0.2) is 0 Å². The van der Waals surface area contributed by atoms with Crippen molar-refractivity contribution in [3.05, 3.63) is 76.9 Å². The summed E-state index contributed by atoms with van der Waals surface area (Å²) in [5.74, 6) is 0.744. The van der Waals surface area contributed by atoms with Crippen molar-refractivity contribution in [3.8, 4) is 5.75 Å². The largest absolute Gasteiger partial charge is 0.496 e. The van der Waals surface area contributed by atoms with Gasteiger partial charge in [0.25, 0.3) is 5.91 Å². The summed E-state index contributed by atoms with van der Waals surface area (Å²) in [4.78, 5) is 19.4. The molecule has 1 N–H and O–H groups in total. The maximum absolute atomic E-state index is 13.3. The van der Waals surface area contributed by atoms with Crippen LogP contribution in [-0.2, 0) is 11.8 Å². The molecule has 0 radical (unpaired) electrons. The number of H-pyrrole nitrogens is 1. The fourth-order valence-corrected chi connectivity index (χ4v) is 4.01. The lowest BCUT2D eigenvalue weighted by atomic mass is 9.85. The molecular weight excluding hydrogens is 364 g/mol. The number of hydrogen-bond acceptors (Lipinski definition) is 4. The monoisotopic (exact) mass is 390 g/mol. The van der Waals surface area contributed by atoms with E-state index in [0.717, 1.165) is 34.6 Å². The average molecular weight is 390 g/mol. The molecule has 1 aromatic carbocycles. The van der Waals surface area contributed by atoms with Crippen molar-refractivity contribution >= 4 is 5.91 Å². The smallest absolute Gasteiger partial charge is 0.273 e. The molecule has 1 aliphatic rings. The maximum Gasteiger partial charge on any atom is 0.273 e. The second-order valence-corrected chi connectivity index (χ2v) is 8.37. The molecule has 150 valence electrons. The van der Waals surface area contributed by atoms with Gasteiger partial charge in [-0.2, -0.15) is 5.10 Å². The Morgan fingerprint density at radius 3 is 2.66 bits per heavy atom. The first-order valence-corrected chi connectivity index (χ1v) is 9.83. The zero-order chi connectivity index (χ0) is 20.6. The lowest BCUT2D eigenvalue weighted by molar-refractivity contribution is 0.0743. The Labute approximate surface area is 170 Å². The van der Waals surface area contributed by atoms with Gasteiger partial charge in [-0.1, -0.05) is 45.0 Å². The van der Waals surface area contributed by atoms with Crippen LogP contribution in [0, 0.1) is 0 Å². The summed E-state index contributed by atoms with van der Waals surface area (Å²) in [5.41, 5.74) is 4.34. The van der Waals surface area contributed by atoms with Crippen LogP contribution in [0.5, 0.6) is 5.75 Å². The van der Waals surface area contributed by atoms with Crippen LogP contribution >= 0.6 is 0 Å². The summed E-state index contributed by atoms with van der Waals surface area (Å²) >= 11 is 0. The number of nitrogens with zero attached hydrogens (tertiary/aromatic N) is 3. The number of rotatable bonds is 5. The van der Waals surface area contributed by atoms with Crippen molar-refractivity contribution in [1.82, 2.24) is 20.1 Å². The van der Waals surface area contributed by atoms with Crippen LogP contribution in [-0.4, -0.2) is 39.6 Å². The van der Waals surface area contributed by atoms with E-state index in [1.165, 1.54) is 0 Å². The van der Waals surface area contributed by atoms with Gasteiger partial charge in [0, 0.05) is 35.5 Å². The predicted molar refractivity (Wildman–Crippen MR) is 111 cm³/mol. The second-order valence-electron chi connectivity index (χ2n) is 8.37. The van der Waals surface area contributed by atoms with E-state index in [-0.39, 0.29) is 17.4 Å². The summed E-state index contributed by atoms with van der Waals surface area (Å²) in [6.45, 7) is 6.93. The number of methoxy groups -OCH3 is 1. The number of nitrogens with one attached hydrogen (secondary N) is 1. The van der Waals surface area contributed by atoms with E-state index in [0.29, 0.717) is 12.2 Å². The van der Waals surface area contributed by atoms with E-state index in [9.17, 15) is 4.79 Å². The van der Waals surface area contributed by atoms with Gasteiger partial charge >= 0.3 is 0 Å². The molecule has 6 nitrogen and oxygen atoms in total. The molecule has 2 aromatic heterocycles. The lowest BCUT2D eigenvalue weighted by Crippen LogP contribution is -2.32. The molecule has 0 bridgehead atoms. The Hall–Kier alpha value is -3.15. The summed E-state index contributed by atoms with van der Waals surface area (Å²) < 4.78 is 5.64. The van der Waals surface area contributed by atoms with Gasteiger partial charge in [-0.05, 0) is 24.1 Å². The number of aromatic nitrogens is 3. The fraction of sp³-hybridized carbons (Fsp3) is 0.348. The summed E-state index contributed by atoms with van der Waals surface area (Å²) in [6, 6.07) is 11.6. The first kappa shape index (κ1) is 19.2. The van der Waals surface area contributed by atoms with Crippen LogP contribution in [0.15, 0.2) is 48.8 Å². The van der Waals surface area contributed by atoms with Gasteiger partial charge in [-0.15, -0.1) is 0 Å². The molecule has 1 unspecified atom stereocenters. The Balaban J connectivity index is 1.80. The lowest BCUT2D eigenvalue weighted by Gasteiger charge is -2.29. The van der Waals surface area contributed by atoms with E-state index in [4.69, 9.17) is 4.74 Å². The third-order valence-corrected chi connectivity index (χ3v) is 5.37. The molecule has 0 spiro atoms. The average Bonchev–Trinajstić information content (AvgIpc) is 3.26. The number of ether oxygens (including phenoxy) is 1. The van der Waals surface area contributed by atoms with Crippen molar-refractivity contribution in [2.24, 2.45) is 0 Å². The minimum Gasteiger partial charge on any atom is -0.496 e. The van der Waals surface area contributed by atoms with Crippen LogP contribution in [0.3, 0.4) is 0 Å². The van der Waals surface area contributed by atoms with Crippen LogP contribution in [0.1, 0.15) is 59.7 Å². The van der Waals surface area contributed by atoms with Crippen molar-refractivity contribution < 1.29 is 9.53 Å². The van der Waals surface area contributed by atoms with Gasteiger partial charge < -0.3 is 9.64 Å². The van der Waals surface area contributed by atoms with Gasteiger partial charge in [0.2, 0.25) is 0 Å². The molecule has 1 amide bonds. The van der Waals surface area contributed by atoms with E-state index < -0.39 is 0 Å². The third kappa shape index (κ3) is 3.39. The second kappa shape index (κ2) is 7.35. The highest BCUT2D eigenvalue weighted by Crippen LogP contribution is 2.45. The van der Waals surface area contributed by atoms with Gasteiger partial charge in [-0.3, -0.25) is 14.9 Å². The number of aromatic amines is 1. The van der Waals surface area contributed by atoms with Crippen molar-refractivity contribution in [3.63, 3.8) is 0 Å². The number of hydrogen-bond donors (Lipinski definition) is 1. The molecule has 29 heavy (non-hydrogen) atoms. The van der Waals surface area contributed by atoms with E-state index in [1.54, 1.807) is 13.3 Å². The number of fused-ring (bicyclic) bond motifs is 1. The Kier molecular flexibility index (Phi) is 4.86. The molecule has 1 atom stereocenters. The Bertz CT molecular complexity index is 1020. The molecule has 4 rings (SSSR count). The van der Waals surface area contributed by atoms with Crippen LogP contribution < -0.4 is 4.74 Å². The molecule has 0 fully saturated rings. The first-order valence-electron chi connectivity index (χ1n) is 9.83. The number of amides is 1. The molecule has 0 aliphatic carbocycles.